The third kappa shape index (κ3) is 6.14. The standard InChI is InChI=1S/C3F8.CF2OS2/c4-1(5,2(6,7)8)3(9,10)11;2-1(4)6(3)5. The van der Waals surface area contributed by atoms with Crippen LogP contribution in [0.25, 0.3) is 0 Å². The molecule has 0 aliphatic carbocycles. The number of carbonyl (C=O) groups is 1. The molecule has 1 nitrogen and oxygen atoms in total. The van der Waals surface area contributed by atoms with E-state index in [0.29, 0.717) is 0 Å². The van der Waals surface area contributed by atoms with Gasteiger partial charge in [0, 0.05) is 0 Å². The van der Waals surface area contributed by atoms with Gasteiger partial charge >= 0.3 is 23.6 Å². The SMILES string of the molecule is FC(F)(F)C(F)(F)C(F)(F)F.O=C(F)S(F)=S. The molecule has 1 unspecified atom stereocenters. The van der Waals surface area contributed by atoms with Crippen LogP contribution >= 0.6 is 0 Å². The van der Waals surface area contributed by atoms with Gasteiger partial charge in [0.1, 0.15) is 0 Å². The van der Waals surface area contributed by atoms with Crippen LogP contribution in [0.1, 0.15) is 0 Å². The Morgan fingerprint density at radius 3 is 1.06 bits per heavy atom. The molecule has 0 rings (SSSR count). The molecule has 0 fully saturated rings. The zero-order valence-electron chi connectivity index (χ0n) is 7.00. The van der Waals surface area contributed by atoms with E-state index in [1.807, 2.05) is 0 Å². The molecule has 0 spiro atoms. The van der Waals surface area contributed by atoms with Gasteiger partial charge in [0.25, 0.3) is 0 Å². The molecule has 0 bridgehead atoms. The van der Waals surface area contributed by atoms with E-state index in [0.717, 1.165) is 0 Å². The largest absolute Gasteiger partial charge is 0.463 e. The maximum Gasteiger partial charge on any atom is 0.463 e. The Hall–Kier alpha value is -0.460. The van der Waals surface area contributed by atoms with Crippen molar-refractivity contribution in [1.82, 2.24) is 0 Å². The highest BCUT2D eigenvalue weighted by Gasteiger charge is 2.74. The summed E-state index contributed by atoms with van der Waals surface area (Å²) < 4.78 is 109. The Morgan fingerprint density at radius 2 is 1.06 bits per heavy atom. The third-order valence-corrected chi connectivity index (χ3v) is 1.48. The number of carbonyl (C=O) groups excluding carboxylic acids is 1. The van der Waals surface area contributed by atoms with E-state index in [2.05, 4.69) is 11.2 Å². The average molecular weight is 318 g/mol. The Balaban J connectivity index is 0. The van der Waals surface area contributed by atoms with Gasteiger partial charge in [0.15, 0.2) is 9.84 Å². The van der Waals surface area contributed by atoms with Crippen LogP contribution in [0.3, 0.4) is 0 Å². The van der Waals surface area contributed by atoms with Crippen LogP contribution in [0.4, 0.5) is 48.2 Å². The fraction of sp³-hybridized carbons (Fsp3) is 0.750. The predicted molar refractivity (Wildman–Crippen MR) is 39.4 cm³/mol. The summed E-state index contributed by atoms with van der Waals surface area (Å²) in [5.41, 5.74) is 0. The van der Waals surface area contributed by atoms with Gasteiger partial charge in [-0.1, -0.05) is 0 Å². The molecule has 0 aliphatic heterocycles. The fourth-order valence-corrected chi connectivity index (χ4v) is 0.161. The highest BCUT2D eigenvalue weighted by atomic mass is 32.8. The molecular formula is C4F10OS2. The second-order valence-electron chi connectivity index (χ2n) is 2.03. The van der Waals surface area contributed by atoms with Gasteiger partial charge in [-0.25, -0.2) is 4.79 Å². The molecular weight excluding hydrogens is 318 g/mol. The summed E-state index contributed by atoms with van der Waals surface area (Å²) in [6, 6.07) is 0. The number of rotatable bonds is 0. The van der Waals surface area contributed by atoms with Crippen LogP contribution in [-0.2, 0) is 21.0 Å². The van der Waals surface area contributed by atoms with E-state index >= 15 is 0 Å². The van der Waals surface area contributed by atoms with Crippen molar-refractivity contribution >= 4 is 26.4 Å². The van der Waals surface area contributed by atoms with Crippen LogP contribution in [0, 0.1) is 0 Å². The molecule has 0 aliphatic rings. The minimum atomic E-state index is -6.62. The Kier molecular flexibility index (Phi) is 6.59. The average Bonchev–Trinajstić information content (AvgIpc) is 2.00. The molecule has 0 N–H and O–H groups in total. The van der Waals surface area contributed by atoms with Crippen molar-refractivity contribution in [2.75, 3.05) is 0 Å². The van der Waals surface area contributed by atoms with Crippen molar-refractivity contribution in [2.45, 2.75) is 18.3 Å². The lowest BCUT2D eigenvalue weighted by Crippen LogP contribution is -2.49. The van der Waals surface area contributed by atoms with E-state index in [9.17, 15) is 43.4 Å². The summed E-state index contributed by atoms with van der Waals surface area (Å²) in [5.74, 6) is -6.62. The number of hydrogen-bond acceptors (Lipinski definition) is 2. The lowest BCUT2D eigenvalue weighted by molar-refractivity contribution is -0.389. The first-order chi connectivity index (χ1) is 7.14. The zero-order valence-corrected chi connectivity index (χ0v) is 8.64. The van der Waals surface area contributed by atoms with Crippen LogP contribution < -0.4 is 0 Å². The first-order valence-corrected chi connectivity index (χ1v) is 4.98. The van der Waals surface area contributed by atoms with Gasteiger partial charge in [-0.2, -0.15) is 39.0 Å². The van der Waals surface area contributed by atoms with E-state index in [1.165, 1.54) is 0 Å². The van der Waals surface area contributed by atoms with Gasteiger partial charge < -0.3 is 0 Å². The van der Waals surface area contributed by atoms with Crippen molar-refractivity contribution in [3.05, 3.63) is 0 Å². The number of alkyl halides is 8. The summed E-state index contributed by atoms with van der Waals surface area (Å²) in [5, 5.41) is -2.06. The number of halogens is 10. The van der Waals surface area contributed by atoms with E-state index in [-0.39, 0.29) is 0 Å². The van der Waals surface area contributed by atoms with Crippen molar-refractivity contribution in [3.8, 4) is 0 Å². The van der Waals surface area contributed by atoms with Gasteiger partial charge in [-0.15, -0.1) is 4.39 Å². The molecule has 0 aromatic carbocycles. The summed E-state index contributed by atoms with van der Waals surface area (Å²) >= 11 is 3.54. The van der Waals surface area contributed by atoms with Crippen molar-refractivity contribution in [3.63, 3.8) is 0 Å². The first-order valence-electron chi connectivity index (χ1n) is 2.93. The minimum Gasteiger partial charge on any atom is -0.245 e. The first kappa shape index (κ1) is 18.9. The lowest BCUT2D eigenvalue weighted by Gasteiger charge is -2.21. The van der Waals surface area contributed by atoms with Crippen molar-refractivity contribution in [2.24, 2.45) is 0 Å². The molecule has 0 aromatic heterocycles. The highest BCUT2D eigenvalue weighted by molar-refractivity contribution is 8.34. The number of hydrogen-bond donors (Lipinski definition) is 0. The molecule has 1 atom stereocenters. The molecule has 104 valence electrons. The lowest BCUT2D eigenvalue weighted by atomic mass is 10.3. The summed E-state index contributed by atoms with van der Waals surface area (Å²) in [7, 11) is -2.59. The van der Waals surface area contributed by atoms with Gasteiger partial charge in [0.2, 0.25) is 0 Å². The van der Waals surface area contributed by atoms with Crippen LogP contribution in [0.5, 0.6) is 0 Å². The summed E-state index contributed by atoms with van der Waals surface area (Å²) in [6.07, 6.45) is -13.2. The predicted octanol–water partition coefficient (Wildman–Crippen LogP) is 3.79. The van der Waals surface area contributed by atoms with Crippen LogP contribution in [0.2, 0.25) is 0 Å². The Bertz CT molecular complexity index is 262. The second-order valence-corrected chi connectivity index (χ2v) is 3.68. The zero-order chi connectivity index (χ0) is 14.7. The Labute approximate surface area is 93.7 Å². The van der Waals surface area contributed by atoms with Gasteiger partial charge in [-0.05, 0) is 11.2 Å². The van der Waals surface area contributed by atoms with Crippen molar-refractivity contribution < 1.29 is 48.2 Å². The van der Waals surface area contributed by atoms with Crippen LogP contribution in [0.15, 0.2) is 0 Å². The molecule has 0 amide bonds. The second kappa shape index (κ2) is 5.93. The topological polar surface area (TPSA) is 17.1 Å². The molecule has 0 saturated carbocycles. The summed E-state index contributed by atoms with van der Waals surface area (Å²) in [6.45, 7) is 0. The highest BCUT2D eigenvalue weighted by Crippen LogP contribution is 2.46. The van der Waals surface area contributed by atoms with E-state index in [4.69, 9.17) is 4.79 Å². The molecule has 0 aromatic rings. The van der Waals surface area contributed by atoms with E-state index < -0.39 is 33.5 Å². The molecule has 13 heteroatoms. The quantitative estimate of drug-likeness (QED) is 0.499. The molecule has 0 heterocycles. The van der Waals surface area contributed by atoms with Gasteiger partial charge in [0.05, 0.1) is 0 Å². The fourth-order valence-electron chi connectivity index (χ4n) is 0.161. The summed E-state index contributed by atoms with van der Waals surface area (Å²) in [4.78, 5) is 9.01. The minimum absolute atomic E-state index is 2.06. The molecule has 17 heavy (non-hydrogen) atoms. The van der Waals surface area contributed by atoms with Crippen LogP contribution in [-0.4, -0.2) is 23.6 Å². The maximum atomic E-state index is 11.2. The monoisotopic (exact) mass is 318 g/mol. The van der Waals surface area contributed by atoms with E-state index in [1.54, 1.807) is 0 Å². The normalized spacial score (nSPS) is 14.7. The third-order valence-electron chi connectivity index (χ3n) is 0.838. The smallest absolute Gasteiger partial charge is 0.245 e. The van der Waals surface area contributed by atoms with Gasteiger partial charge in [-0.3, -0.25) is 0 Å². The molecule has 0 saturated heterocycles. The Morgan fingerprint density at radius 1 is 0.882 bits per heavy atom. The maximum absolute atomic E-state index is 11.2. The van der Waals surface area contributed by atoms with Crippen molar-refractivity contribution in [1.29, 1.82) is 0 Å². The molecule has 0 radical (unpaired) electrons.